The van der Waals surface area contributed by atoms with Gasteiger partial charge in [0.25, 0.3) is 0 Å². The molecule has 0 bridgehead atoms. The molecule has 0 amide bonds. The number of rotatable bonds is 0. The average Bonchev–Trinajstić information content (AvgIpc) is 0. The van der Waals surface area contributed by atoms with Crippen molar-refractivity contribution in [2.45, 2.75) is 0 Å². The molecule has 0 aromatic heterocycles. The van der Waals surface area contributed by atoms with Gasteiger partial charge >= 0.3 is 93.0 Å². The van der Waals surface area contributed by atoms with Crippen LogP contribution in [0, 0.1) is 0 Å². The van der Waals surface area contributed by atoms with Crippen LogP contribution in [0.25, 0.3) is 0 Å². The molecule has 0 aliphatic heterocycles. The summed E-state index contributed by atoms with van der Waals surface area (Å²) in [5.41, 5.74) is 0. The summed E-state index contributed by atoms with van der Waals surface area (Å²) in [6.45, 7) is 0. The summed E-state index contributed by atoms with van der Waals surface area (Å²) in [6.07, 6.45) is 0. The molecule has 2 radical (unpaired) electrons. The molecule has 0 saturated carbocycles. The summed E-state index contributed by atoms with van der Waals surface area (Å²) in [5.74, 6) is 0. The molecular weight excluding hydrogens is 529 g/mol. The van der Waals surface area contributed by atoms with Gasteiger partial charge in [0.2, 0.25) is 0 Å². The van der Waals surface area contributed by atoms with Crippen molar-refractivity contribution >= 4 is 93.0 Å². The van der Waals surface area contributed by atoms with E-state index in [9.17, 15) is 0 Å². The molecule has 0 saturated heterocycles. The molecule has 4 heteroatoms. The predicted octanol–water partition coefficient (Wildman–Crippen LogP) is -4.47. The van der Waals surface area contributed by atoms with E-state index in [0.717, 1.165) is 0 Å². The van der Waals surface area contributed by atoms with E-state index >= 15 is 0 Å². The van der Waals surface area contributed by atoms with E-state index in [1.54, 1.807) is 0 Å². The van der Waals surface area contributed by atoms with Crippen molar-refractivity contribution in [2.75, 3.05) is 0 Å². The quantitative estimate of drug-likeness (QED) is 0.272. The van der Waals surface area contributed by atoms with Crippen molar-refractivity contribution in [2.24, 2.45) is 0 Å². The Kier molecular flexibility index (Phi) is 114. The fourth-order valence-corrected chi connectivity index (χ4v) is 0. The first kappa shape index (κ1) is 27.6. The van der Waals surface area contributed by atoms with Gasteiger partial charge in [0.15, 0.2) is 0 Å². The van der Waals surface area contributed by atoms with Crippen molar-refractivity contribution < 1.29 is 0 Å². The molecule has 0 atom stereocenters. The number of hydrogen-bond acceptors (Lipinski definition) is 0. The van der Waals surface area contributed by atoms with Gasteiger partial charge in [-0.05, 0) is 0 Å². The van der Waals surface area contributed by atoms with Crippen LogP contribution in [0.4, 0.5) is 0 Å². The van der Waals surface area contributed by atoms with E-state index < -0.39 is 0 Å². The summed E-state index contributed by atoms with van der Waals surface area (Å²) in [6, 6.07) is 0. The Labute approximate surface area is 91.2 Å². The summed E-state index contributed by atoms with van der Waals surface area (Å²) in [7, 11) is 0. The standard InChI is InChI=1S/GeH4.Pb.Sb.H2Te.5H/h1H4;;;1H2;;;;;. The normalized spacial score (nSPS) is 0. The fourth-order valence-electron chi connectivity index (χ4n) is 0. The second-order valence-electron chi connectivity index (χ2n) is 0. The minimum atomic E-state index is 0. The Balaban J connectivity index is 0. The molecule has 0 fully saturated rings. The monoisotopic (exact) mass is 544 g/mol. The molecule has 0 N–H and O–H groups in total. The van der Waals surface area contributed by atoms with Crippen LogP contribution >= 0.6 is 0 Å². The number of hydrogen-bond donors (Lipinski definition) is 0. The maximum absolute atomic E-state index is 0. The van der Waals surface area contributed by atoms with E-state index in [1.165, 1.54) is 0 Å². The van der Waals surface area contributed by atoms with E-state index in [-0.39, 0.29) is 93.0 Å². The van der Waals surface area contributed by atoms with Gasteiger partial charge < -0.3 is 0 Å². The van der Waals surface area contributed by atoms with Crippen LogP contribution in [0.3, 0.4) is 0 Å². The molecule has 0 rings (SSSR count). The van der Waals surface area contributed by atoms with E-state index in [0.29, 0.717) is 0 Å². The zero-order valence-electron chi connectivity index (χ0n) is 1.91. The van der Waals surface area contributed by atoms with Gasteiger partial charge in [-0.3, -0.25) is 0 Å². The van der Waals surface area contributed by atoms with Crippen LogP contribution in [0.15, 0.2) is 0 Å². The van der Waals surface area contributed by atoms with Crippen molar-refractivity contribution in [1.82, 2.24) is 0 Å². The van der Waals surface area contributed by atoms with E-state index in [4.69, 9.17) is 0 Å². The third-order valence-electron chi connectivity index (χ3n) is 0. The second-order valence-corrected chi connectivity index (χ2v) is 0. The molecule has 0 aliphatic rings. The first-order valence-corrected chi connectivity index (χ1v) is 0. The SMILES string of the molecule is [GeH4].[PbH2].[SbH3].[TeH2]. The molecule has 0 aliphatic carbocycles. The van der Waals surface area contributed by atoms with E-state index in [2.05, 4.69) is 0 Å². The van der Waals surface area contributed by atoms with Crippen molar-refractivity contribution in [3.63, 3.8) is 0 Å². The van der Waals surface area contributed by atoms with Crippen molar-refractivity contribution in [3.05, 3.63) is 0 Å². The van der Waals surface area contributed by atoms with Gasteiger partial charge in [-0.15, -0.1) is 0 Å². The zero-order valence-corrected chi connectivity index (χ0v) is 14.3. The molecule has 30 valence electrons. The Morgan fingerprint density at radius 1 is 1.00 bits per heavy atom. The molecule has 0 spiro atoms. The van der Waals surface area contributed by atoms with Gasteiger partial charge in [0, 0.05) is 0 Å². The average molecular weight is 540 g/mol. The Morgan fingerprint density at radius 3 is 1.00 bits per heavy atom. The van der Waals surface area contributed by atoms with Crippen LogP contribution in [0.2, 0.25) is 0 Å². The van der Waals surface area contributed by atoms with Gasteiger partial charge in [0.05, 0.1) is 0 Å². The molecule has 0 nitrogen and oxygen atoms in total. The van der Waals surface area contributed by atoms with Gasteiger partial charge in [-0.25, -0.2) is 0 Å². The van der Waals surface area contributed by atoms with Crippen LogP contribution in [0.1, 0.15) is 0 Å². The zero-order chi connectivity index (χ0) is 0. The summed E-state index contributed by atoms with van der Waals surface area (Å²) < 4.78 is 0. The topological polar surface area (TPSA) is 0 Å². The Bertz CT molecular complexity index is 8.00. The molecule has 0 heterocycles. The summed E-state index contributed by atoms with van der Waals surface area (Å²) >= 11 is 0. The third kappa shape index (κ3) is 8.91. The molecule has 0 aromatic carbocycles. The predicted molar refractivity (Wildman–Crippen MR) is 38.4 cm³/mol. The Morgan fingerprint density at radius 2 is 1.00 bits per heavy atom. The van der Waals surface area contributed by atoms with E-state index in [1.807, 2.05) is 0 Å². The molecule has 0 unspecified atom stereocenters. The van der Waals surface area contributed by atoms with Crippen molar-refractivity contribution in [3.8, 4) is 0 Å². The maximum atomic E-state index is 0. The minimum absolute atomic E-state index is 0. The van der Waals surface area contributed by atoms with Crippen LogP contribution in [0.5, 0.6) is 0 Å². The first-order chi connectivity index (χ1) is 0. The Hall–Kier alpha value is 3.07. The fraction of sp³-hybridized carbons (Fsp3) is 0. The summed E-state index contributed by atoms with van der Waals surface area (Å²) in [5, 5.41) is 0. The van der Waals surface area contributed by atoms with Crippen LogP contribution in [-0.2, 0) is 0 Å². The summed E-state index contributed by atoms with van der Waals surface area (Å²) in [4.78, 5) is 0. The van der Waals surface area contributed by atoms with Gasteiger partial charge in [0.1, 0.15) is 0 Å². The molecular formula is H11GePbSbTe. The van der Waals surface area contributed by atoms with Crippen LogP contribution in [-0.4, -0.2) is 93.0 Å². The molecule has 4 heavy (non-hydrogen) atoms. The first-order valence-electron chi connectivity index (χ1n) is 0. The van der Waals surface area contributed by atoms with Gasteiger partial charge in [-0.1, -0.05) is 0 Å². The van der Waals surface area contributed by atoms with Gasteiger partial charge in [-0.2, -0.15) is 0 Å². The third-order valence-corrected chi connectivity index (χ3v) is 0. The van der Waals surface area contributed by atoms with Crippen molar-refractivity contribution in [1.29, 1.82) is 0 Å². The van der Waals surface area contributed by atoms with Crippen LogP contribution < -0.4 is 0 Å². The molecule has 0 aromatic rings. The second kappa shape index (κ2) is 16.6.